The van der Waals surface area contributed by atoms with Crippen molar-refractivity contribution in [1.82, 2.24) is 4.98 Å². The zero-order chi connectivity index (χ0) is 17.1. The Kier molecular flexibility index (Phi) is 4.21. The number of nitrogens with zero attached hydrogens (tertiary/aromatic N) is 1. The lowest BCUT2D eigenvalue weighted by atomic mass is 10.1. The summed E-state index contributed by atoms with van der Waals surface area (Å²) in [6.07, 6.45) is 4.02. The summed E-state index contributed by atoms with van der Waals surface area (Å²) in [5.41, 5.74) is 1.64. The van der Waals surface area contributed by atoms with Gasteiger partial charge < -0.3 is 14.8 Å². The van der Waals surface area contributed by atoms with Crippen LogP contribution >= 0.6 is 0 Å². The maximum Gasteiger partial charge on any atom is 0.164 e. The summed E-state index contributed by atoms with van der Waals surface area (Å²) in [6, 6.07) is 13.4. The Morgan fingerprint density at radius 2 is 1.88 bits per heavy atom. The quantitative estimate of drug-likeness (QED) is 0.721. The van der Waals surface area contributed by atoms with Crippen molar-refractivity contribution in [3.63, 3.8) is 0 Å². The third kappa shape index (κ3) is 3.40. The zero-order valence-corrected chi connectivity index (χ0v) is 13.7. The topological polar surface area (TPSA) is 60.5 Å². The van der Waals surface area contributed by atoms with E-state index in [9.17, 15) is 4.79 Å². The van der Waals surface area contributed by atoms with Crippen molar-refractivity contribution in [1.29, 1.82) is 0 Å². The van der Waals surface area contributed by atoms with Gasteiger partial charge in [-0.25, -0.2) is 0 Å². The van der Waals surface area contributed by atoms with Crippen molar-refractivity contribution in [2.45, 2.75) is 6.42 Å². The van der Waals surface area contributed by atoms with Crippen LogP contribution in [-0.2, 0) is 0 Å². The lowest BCUT2D eigenvalue weighted by Crippen LogP contribution is -2.16. The molecule has 0 saturated carbocycles. The molecular weight excluding hydrogens is 316 g/mol. The van der Waals surface area contributed by atoms with Gasteiger partial charge in [-0.1, -0.05) is 6.07 Å². The second kappa shape index (κ2) is 6.81. The Morgan fingerprint density at radius 1 is 1.00 bits per heavy atom. The van der Waals surface area contributed by atoms with E-state index in [2.05, 4.69) is 16.4 Å². The molecule has 0 spiro atoms. The van der Waals surface area contributed by atoms with Gasteiger partial charge in [0.05, 0.1) is 0 Å². The fourth-order valence-corrected chi connectivity index (χ4v) is 2.87. The number of rotatable bonds is 5. The minimum absolute atomic E-state index is 0.0782. The molecule has 0 fully saturated rings. The molecule has 0 radical (unpaired) electrons. The molecule has 0 aliphatic carbocycles. The Morgan fingerprint density at radius 3 is 2.80 bits per heavy atom. The Balaban J connectivity index is 1.38. The van der Waals surface area contributed by atoms with E-state index in [1.54, 1.807) is 24.4 Å². The molecular formula is C20H18N2O3. The number of carbonyl (C=O) groups is 1. The van der Waals surface area contributed by atoms with E-state index in [-0.39, 0.29) is 5.78 Å². The predicted octanol–water partition coefficient (Wildman–Crippen LogP) is 3.69. The molecule has 2 heterocycles. The maximum absolute atomic E-state index is 12.4. The first-order chi connectivity index (χ1) is 12.3. The largest absolute Gasteiger partial charge is 0.486 e. The molecule has 1 aliphatic rings. The first kappa shape index (κ1) is 15.4. The highest BCUT2D eigenvalue weighted by molar-refractivity contribution is 5.97. The number of fused-ring (bicyclic) bond motifs is 2. The maximum atomic E-state index is 12.4. The van der Waals surface area contributed by atoms with Crippen LogP contribution in [0.15, 0.2) is 54.9 Å². The van der Waals surface area contributed by atoms with Crippen LogP contribution in [0.4, 0.5) is 5.69 Å². The number of anilines is 1. The molecule has 5 heteroatoms. The average Bonchev–Trinajstić information content (AvgIpc) is 2.67. The van der Waals surface area contributed by atoms with Crippen molar-refractivity contribution in [3.05, 3.63) is 60.4 Å². The van der Waals surface area contributed by atoms with Crippen LogP contribution in [0.25, 0.3) is 10.8 Å². The van der Waals surface area contributed by atoms with E-state index in [1.165, 1.54) is 0 Å². The zero-order valence-electron chi connectivity index (χ0n) is 13.7. The number of pyridine rings is 1. The van der Waals surface area contributed by atoms with Gasteiger partial charge in [0, 0.05) is 42.0 Å². The third-order valence-corrected chi connectivity index (χ3v) is 4.19. The molecule has 0 saturated heterocycles. The van der Waals surface area contributed by atoms with Crippen LogP contribution in [-0.4, -0.2) is 30.5 Å². The highest BCUT2D eigenvalue weighted by Gasteiger charge is 2.14. The smallest absolute Gasteiger partial charge is 0.164 e. The first-order valence-electron chi connectivity index (χ1n) is 8.30. The number of aromatic nitrogens is 1. The summed E-state index contributed by atoms with van der Waals surface area (Å²) in [4.78, 5) is 16.5. The Hall–Kier alpha value is -3.08. The summed E-state index contributed by atoms with van der Waals surface area (Å²) in [5.74, 6) is 1.43. The fraction of sp³-hybridized carbons (Fsp3) is 0.200. The van der Waals surface area contributed by atoms with Crippen molar-refractivity contribution in [2.24, 2.45) is 0 Å². The summed E-state index contributed by atoms with van der Waals surface area (Å²) < 4.78 is 11.0. The lowest BCUT2D eigenvalue weighted by Gasteiger charge is -2.18. The monoisotopic (exact) mass is 334 g/mol. The van der Waals surface area contributed by atoms with E-state index in [0.717, 1.165) is 16.5 Å². The molecule has 0 bridgehead atoms. The number of benzene rings is 2. The van der Waals surface area contributed by atoms with Gasteiger partial charge in [-0.2, -0.15) is 0 Å². The molecule has 25 heavy (non-hydrogen) atoms. The molecule has 0 atom stereocenters. The summed E-state index contributed by atoms with van der Waals surface area (Å²) in [6.45, 7) is 1.64. The number of hydrogen-bond donors (Lipinski definition) is 1. The van der Waals surface area contributed by atoms with Gasteiger partial charge in [0.1, 0.15) is 13.2 Å². The summed E-state index contributed by atoms with van der Waals surface area (Å²) >= 11 is 0. The summed E-state index contributed by atoms with van der Waals surface area (Å²) in [7, 11) is 0. The Bertz CT molecular complexity index is 924. The highest BCUT2D eigenvalue weighted by Crippen LogP contribution is 2.31. The SMILES string of the molecule is O=C(CCNc1ccc2cnccc2c1)c1ccc2c(c1)OCCO2. The average molecular weight is 334 g/mol. The normalized spacial score (nSPS) is 12.8. The molecule has 1 aromatic heterocycles. The van der Waals surface area contributed by atoms with Gasteiger partial charge in [0.25, 0.3) is 0 Å². The number of nitrogens with one attached hydrogen (secondary N) is 1. The molecule has 126 valence electrons. The van der Waals surface area contributed by atoms with Gasteiger partial charge in [0.15, 0.2) is 17.3 Å². The van der Waals surface area contributed by atoms with E-state index < -0.39 is 0 Å². The minimum Gasteiger partial charge on any atom is -0.486 e. The number of Topliss-reactive ketones (excluding diaryl/α,β-unsaturated/α-hetero) is 1. The van der Waals surface area contributed by atoms with Gasteiger partial charge in [0.2, 0.25) is 0 Å². The molecule has 3 aromatic rings. The molecule has 1 aliphatic heterocycles. The fourth-order valence-electron chi connectivity index (χ4n) is 2.87. The van der Waals surface area contributed by atoms with Crippen LogP contribution in [0.2, 0.25) is 0 Å². The summed E-state index contributed by atoms with van der Waals surface area (Å²) in [5, 5.41) is 5.52. The first-order valence-corrected chi connectivity index (χ1v) is 8.30. The van der Waals surface area contributed by atoms with E-state index in [1.807, 2.05) is 24.4 Å². The van der Waals surface area contributed by atoms with Crippen LogP contribution in [0.1, 0.15) is 16.8 Å². The van der Waals surface area contributed by atoms with E-state index >= 15 is 0 Å². The second-order valence-corrected chi connectivity index (χ2v) is 5.90. The third-order valence-electron chi connectivity index (χ3n) is 4.19. The standard InChI is InChI=1S/C20H18N2O3/c23-18(15-2-4-19-20(12-15)25-10-9-24-19)6-8-22-17-3-1-16-13-21-7-5-14(16)11-17/h1-5,7,11-13,22H,6,8-10H2. The molecule has 2 aromatic carbocycles. The van der Waals surface area contributed by atoms with Gasteiger partial charge in [-0.15, -0.1) is 0 Å². The van der Waals surface area contributed by atoms with Crippen molar-refractivity contribution >= 4 is 22.2 Å². The predicted molar refractivity (Wildman–Crippen MR) is 96.6 cm³/mol. The van der Waals surface area contributed by atoms with E-state index in [0.29, 0.717) is 43.2 Å². The lowest BCUT2D eigenvalue weighted by molar-refractivity contribution is 0.0985. The number of hydrogen-bond acceptors (Lipinski definition) is 5. The molecule has 1 N–H and O–H groups in total. The Labute approximate surface area is 145 Å². The van der Waals surface area contributed by atoms with Crippen LogP contribution in [0, 0.1) is 0 Å². The van der Waals surface area contributed by atoms with Crippen LogP contribution in [0.5, 0.6) is 11.5 Å². The van der Waals surface area contributed by atoms with Crippen LogP contribution < -0.4 is 14.8 Å². The van der Waals surface area contributed by atoms with Crippen molar-refractivity contribution < 1.29 is 14.3 Å². The number of carbonyl (C=O) groups excluding carboxylic acids is 1. The molecule has 0 amide bonds. The van der Waals surface area contributed by atoms with Gasteiger partial charge in [-0.3, -0.25) is 9.78 Å². The van der Waals surface area contributed by atoms with Crippen molar-refractivity contribution in [2.75, 3.05) is 25.1 Å². The number of ketones is 1. The number of ether oxygens (including phenoxy) is 2. The minimum atomic E-state index is 0.0782. The van der Waals surface area contributed by atoms with Crippen LogP contribution in [0.3, 0.4) is 0 Å². The van der Waals surface area contributed by atoms with Gasteiger partial charge in [-0.05, 0) is 41.8 Å². The molecule has 0 unspecified atom stereocenters. The second-order valence-electron chi connectivity index (χ2n) is 5.90. The van der Waals surface area contributed by atoms with Crippen molar-refractivity contribution in [3.8, 4) is 11.5 Å². The van der Waals surface area contributed by atoms with Gasteiger partial charge >= 0.3 is 0 Å². The molecule has 4 rings (SSSR count). The molecule has 5 nitrogen and oxygen atoms in total. The highest BCUT2D eigenvalue weighted by atomic mass is 16.6. The van der Waals surface area contributed by atoms with E-state index in [4.69, 9.17) is 9.47 Å².